The van der Waals surface area contributed by atoms with Crippen LogP contribution in [0.3, 0.4) is 0 Å². The Morgan fingerprint density at radius 1 is 1.32 bits per heavy atom. The lowest BCUT2D eigenvalue weighted by Crippen LogP contribution is -2.58. The first kappa shape index (κ1) is 13.7. The first-order valence-corrected chi connectivity index (χ1v) is 6.37. The molecule has 1 atom stereocenters. The number of aryl methyl sites for hydroxylation is 2. The van der Waals surface area contributed by atoms with E-state index in [1.165, 1.54) is 0 Å². The molecule has 104 valence electrons. The molecule has 1 fully saturated rings. The Labute approximate surface area is 113 Å². The number of hydrogen-bond acceptors (Lipinski definition) is 6. The predicted octanol–water partition coefficient (Wildman–Crippen LogP) is -0.645. The third-order valence-electron chi connectivity index (χ3n) is 3.31. The molecule has 1 aromatic heterocycles. The van der Waals surface area contributed by atoms with Gasteiger partial charge in [-0.1, -0.05) is 0 Å². The minimum Gasteiger partial charge on any atom is -0.347 e. The molecule has 1 aliphatic rings. The standard InChI is InChI=1S/C12H20N6O/c1-8-9(2)15-16-12(14-8)18-6-5-13-7-10(18)11(19)17(3)4/h10,13H,5-7H2,1-4H3. The van der Waals surface area contributed by atoms with Crippen LogP contribution >= 0.6 is 0 Å². The second-order valence-corrected chi connectivity index (χ2v) is 4.93. The molecular formula is C12H20N6O. The van der Waals surface area contributed by atoms with Crippen LogP contribution in [-0.4, -0.2) is 65.8 Å². The van der Waals surface area contributed by atoms with Gasteiger partial charge in [0.15, 0.2) is 0 Å². The minimum atomic E-state index is -0.271. The van der Waals surface area contributed by atoms with Crippen LogP contribution in [0.25, 0.3) is 0 Å². The van der Waals surface area contributed by atoms with E-state index in [1.807, 2.05) is 18.7 Å². The first-order chi connectivity index (χ1) is 9.00. The van der Waals surface area contributed by atoms with Crippen LogP contribution in [0.15, 0.2) is 0 Å². The number of anilines is 1. The lowest BCUT2D eigenvalue weighted by Gasteiger charge is -2.36. The van der Waals surface area contributed by atoms with Crippen molar-refractivity contribution in [2.75, 3.05) is 38.6 Å². The molecule has 0 aromatic carbocycles. The van der Waals surface area contributed by atoms with E-state index in [0.717, 1.165) is 17.9 Å². The average Bonchev–Trinajstić information content (AvgIpc) is 2.41. The number of hydrogen-bond donors (Lipinski definition) is 1. The lowest BCUT2D eigenvalue weighted by atomic mass is 10.2. The Kier molecular flexibility index (Phi) is 3.94. The Morgan fingerprint density at radius 2 is 2.05 bits per heavy atom. The monoisotopic (exact) mass is 264 g/mol. The summed E-state index contributed by atoms with van der Waals surface area (Å²) in [6.07, 6.45) is 0. The molecule has 1 saturated heterocycles. The number of rotatable bonds is 2. The SMILES string of the molecule is Cc1nnc(N2CCNCC2C(=O)N(C)C)nc1C. The van der Waals surface area contributed by atoms with Crippen LogP contribution in [0.1, 0.15) is 11.4 Å². The zero-order valence-corrected chi connectivity index (χ0v) is 11.8. The fourth-order valence-electron chi connectivity index (χ4n) is 2.03. The van der Waals surface area contributed by atoms with E-state index in [2.05, 4.69) is 20.5 Å². The first-order valence-electron chi connectivity index (χ1n) is 6.37. The third-order valence-corrected chi connectivity index (χ3v) is 3.31. The van der Waals surface area contributed by atoms with E-state index in [1.54, 1.807) is 19.0 Å². The molecule has 0 radical (unpaired) electrons. The molecule has 2 rings (SSSR count). The summed E-state index contributed by atoms with van der Waals surface area (Å²) in [7, 11) is 3.52. The average molecular weight is 264 g/mol. The highest BCUT2D eigenvalue weighted by molar-refractivity contribution is 5.84. The number of likely N-dealkylation sites (N-methyl/N-ethyl adjacent to an activating group) is 1. The van der Waals surface area contributed by atoms with Crippen molar-refractivity contribution < 1.29 is 4.79 Å². The van der Waals surface area contributed by atoms with Crippen LogP contribution in [-0.2, 0) is 4.79 Å². The van der Waals surface area contributed by atoms with Gasteiger partial charge in [-0.2, -0.15) is 5.10 Å². The summed E-state index contributed by atoms with van der Waals surface area (Å²) in [6, 6.07) is -0.271. The number of piperazine rings is 1. The normalized spacial score (nSPS) is 19.4. The Bertz CT molecular complexity index is 475. The van der Waals surface area contributed by atoms with E-state index in [0.29, 0.717) is 19.0 Å². The molecule has 7 heteroatoms. The van der Waals surface area contributed by atoms with Crippen molar-refractivity contribution in [1.29, 1.82) is 0 Å². The van der Waals surface area contributed by atoms with Crippen molar-refractivity contribution in [3.05, 3.63) is 11.4 Å². The second kappa shape index (κ2) is 5.48. The molecule has 0 saturated carbocycles. The van der Waals surface area contributed by atoms with Gasteiger partial charge in [-0.05, 0) is 13.8 Å². The lowest BCUT2D eigenvalue weighted by molar-refractivity contribution is -0.130. The van der Waals surface area contributed by atoms with Gasteiger partial charge >= 0.3 is 0 Å². The van der Waals surface area contributed by atoms with Gasteiger partial charge in [-0.3, -0.25) is 4.79 Å². The van der Waals surface area contributed by atoms with Crippen LogP contribution in [0, 0.1) is 13.8 Å². The highest BCUT2D eigenvalue weighted by Crippen LogP contribution is 2.14. The van der Waals surface area contributed by atoms with Gasteiger partial charge in [-0.15, -0.1) is 5.10 Å². The molecule has 0 aliphatic carbocycles. The van der Waals surface area contributed by atoms with Crippen molar-refractivity contribution in [2.45, 2.75) is 19.9 Å². The summed E-state index contributed by atoms with van der Waals surface area (Å²) < 4.78 is 0. The molecule has 1 aromatic rings. The van der Waals surface area contributed by atoms with Crippen molar-refractivity contribution in [3.63, 3.8) is 0 Å². The number of nitrogens with one attached hydrogen (secondary N) is 1. The maximum atomic E-state index is 12.2. The van der Waals surface area contributed by atoms with Crippen molar-refractivity contribution in [1.82, 2.24) is 25.4 Å². The second-order valence-electron chi connectivity index (χ2n) is 4.93. The molecule has 19 heavy (non-hydrogen) atoms. The number of carbonyl (C=O) groups is 1. The molecular weight excluding hydrogens is 244 g/mol. The zero-order valence-electron chi connectivity index (χ0n) is 11.8. The Morgan fingerprint density at radius 3 is 2.68 bits per heavy atom. The molecule has 0 spiro atoms. The Balaban J connectivity index is 2.28. The van der Waals surface area contributed by atoms with Gasteiger partial charge < -0.3 is 15.1 Å². The van der Waals surface area contributed by atoms with E-state index in [4.69, 9.17) is 0 Å². The van der Waals surface area contributed by atoms with Crippen LogP contribution in [0.2, 0.25) is 0 Å². The summed E-state index contributed by atoms with van der Waals surface area (Å²) in [5.41, 5.74) is 1.66. The van der Waals surface area contributed by atoms with Crippen LogP contribution in [0.4, 0.5) is 5.95 Å². The third kappa shape index (κ3) is 2.81. The quantitative estimate of drug-likeness (QED) is 0.765. The maximum Gasteiger partial charge on any atom is 0.246 e. The summed E-state index contributed by atoms with van der Waals surface area (Å²) in [5.74, 6) is 0.582. The summed E-state index contributed by atoms with van der Waals surface area (Å²) in [4.78, 5) is 20.2. The van der Waals surface area contributed by atoms with Crippen molar-refractivity contribution >= 4 is 11.9 Å². The topological polar surface area (TPSA) is 74.2 Å². The fraction of sp³-hybridized carbons (Fsp3) is 0.667. The Hall–Kier alpha value is -1.76. The highest BCUT2D eigenvalue weighted by atomic mass is 16.2. The molecule has 1 N–H and O–H groups in total. The fourth-order valence-corrected chi connectivity index (χ4v) is 2.03. The molecule has 2 heterocycles. The highest BCUT2D eigenvalue weighted by Gasteiger charge is 2.31. The van der Waals surface area contributed by atoms with Crippen molar-refractivity contribution in [2.24, 2.45) is 0 Å². The van der Waals surface area contributed by atoms with Gasteiger partial charge in [0, 0.05) is 33.7 Å². The predicted molar refractivity (Wildman–Crippen MR) is 72.0 cm³/mol. The maximum absolute atomic E-state index is 12.2. The molecule has 1 aliphatic heterocycles. The van der Waals surface area contributed by atoms with Gasteiger partial charge in [0.25, 0.3) is 0 Å². The van der Waals surface area contributed by atoms with Crippen LogP contribution in [0.5, 0.6) is 0 Å². The van der Waals surface area contributed by atoms with E-state index in [9.17, 15) is 4.79 Å². The van der Waals surface area contributed by atoms with Gasteiger partial charge in [0.2, 0.25) is 11.9 Å². The summed E-state index contributed by atoms with van der Waals surface area (Å²) in [6.45, 7) is 5.90. The zero-order chi connectivity index (χ0) is 14.0. The summed E-state index contributed by atoms with van der Waals surface area (Å²) in [5, 5.41) is 11.4. The van der Waals surface area contributed by atoms with Crippen LogP contribution < -0.4 is 10.2 Å². The van der Waals surface area contributed by atoms with E-state index < -0.39 is 0 Å². The van der Waals surface area contributed by atoms with Gasteiger partial charge in [0.1, 0.15) is 6.04 Å². The molecule has 7 nitrogen and oxygen atoms in total. The number of nitrogens with zero attached hydrogens (tertiary/aromatic N) is 5. The molecule has 1 amide bonds. The number of amides is 1. The van der Waals surface area contributed by atoms with E-state index >= 15 is 0 Å². The summed E-state index contributed by atoms with van der Waals surface area (Å²) >= 11 is 0. The smallest absolute Gasteiger partial charge is 0.246 e. The number of carbonyl (C=O) groups excluding carboxylic acids is 1. The van der Waals surface area contributed by atoms with E-state index in [-0.39, 0.29) is 11.9 Å². The largest absolute Gasteiger partial charge is 0.347 e. The van der Waals surface area contributed by atoms with Crippen molar-refractivity contribution in [3.8, 4) is 0 Å². The number of aromatic nitrogens is 3. The molecule has 1 unspecified atom stereocenters. The minimum absolute atomic E-state index is 0.0500. The van der Waals surface area contributed by atoms with Gasteiger partial charge in [-0.25, -0.2) is 4.98 Å². The molecule has 0 bridgehead atoms. The van der Waals surface area contributed by atoms with Gasteiger partial charge in [0.05, 0.1) is 11.4 Å².